The summed E-state index contributed by atoms with van der Waals surface area (Å²) in [5.74, 6) is -1.21. The van der Waals surface area contributed by atoms with Crippen LogP contribution in [0, 0.1) is 11.6 Å². The predicted molar refractivity (Wildman–Crippen MR) is 140 cm³/mol. The van der Waals surface area contributed by atoms with E-state index in [0.717, 1.165) is 6.26 Å². The van der Waals surface area contributed by atoms with Crippen LogP contribution in [0.25, 0.3) is 11.1 Å². The van der Waals surface area contributed by atoms with E-state index in [4.69, 9.17) is 4.74 Å². The van der Waals surface area contributed by atoms with Gasteiger partial charge in [0, 0.05) is 38.0 Å². The lowest BCUT2D eigenvalue weighted by Gasteiger charge is -2.36. The summed E-state index contributed by atoms with van der Waals surface area (Å²) in [6.07, 6.45) is 0.627. The van der Waals surface area contributed by atoms with E-state index >= 15 is 0 Å². The van der Waals surface area contributed by atoms with Gasteiger partial charge in [0.1, 0.15) is 18.3 Å². The average molecular weight is 547 g/mol. The third kappa shape index (κ3) is 6.19. The number of amides is 1. The number of halogens is 3. The van der Waals surface area contributed by atoms with Crippen LogP contribution in [0.2, 0.25) is 0 Å². The topological polar surface area (TPSA) is 66.9 Å². The fraction of sp³-hybridized carbons (Fsp3) is 0.321. The summed E-state index contributed by atoms with van der Waals surface area (Å²) in [5.41, 5.74) is 2.28. The van der Waals surface area contributed by atoms with Gasteiger partial charge in [-0.05, 0) is 60.0 Å². The first-order valence-electron chi connectivity index (χ1n) is 12.2. The second kappa shape index (κ2) is 11.6. The quantitative estimate of drug-likeness (QED) is 0.396. The summed E-state index contributed by atoms with van der Waals surface area (Å²) in [4.78, 5) is 17.0. The van der Waals surface area contributed by atoms with E-state index in [1.165, 1.54) is 42.5 Å². The number of hydrogen-bond donors (Lipinski definition) is 0. The third-order valence-electron chi connectivity index (χ3n) is 6.60. The molecule has 38 heavy (non-hydrogen) atoms. The van der Waals surface area contributed by atoms with E-state index < -0.39 is 34.3 Å². The Hall–Kier alpha value is -3.37. The highest BCUT2D eigenvalue weighted by atomic mass is 32.2. The number of piperazine rings is 1. The summed E-state index contributed by atoms with van der Waals surface area (Å²) in [5, 5.41) is 0. The van der Waals surface area contributed by atoms with Gasteiger partial charge >= 0.3 is 0 Å². The maximum Gasteiger partial charge on any atom is 0.254 e. The molecular weight excluding hydrogens is 517 g/mol. The molecular formula is C28H29F3N2O4S. The van der Waals surface area contributed by atoms with Gasteiger partial charge < -0.3 is 14.5 Å². The first kappa shape index (κ1) is 27.7. The van der Waals surface area contributed by atoms with Gasteiger partial charge in [0.25, 0.3) is 5.91 Å². The van der Waals surface area contributed by atoms with Gasteiger partial charge in [-0.15, -0.1) is 0 Å². The molecule has 6 nitrogen and oxygen atoms in total. The van der Waals surface area contributed by atoms with Crippen LogP contribution in [0.1, 0.15) is 28.9 Å². The summed E-state index contributed by atoms with van der Waals surface area (Å²) >= 11 is 0. The standard InChI is InChI=1S/C28H29F3N2O4S/c1-19(37-16-11-29)21-5-10-27(26(31)17-21)32-12-14-33(15-13-32)28(34)25-18-23(38(2,35)36)8-9-24(25)20-3-6-22(30)7-4-20/h3-10,17-19H,11-16H2,1-2H3. The average Bonchev–Trinajstić information content (AvgIpc) is 2.91. The number of carbonyl (C=O) groups is 1. The zero-order chi connectivity index (χ0) is 27.4. The molecule has 1 atom stereocenters. The van der Waals surface area contributed by atoms with Crippen molar-refractivity contribution in [3.63, 3.8) is 0 Å². The highest BCUT2D eigenvalue weighted by molar-refractivity contribution is 7.90. The molecule has 1 aliphatic heterocycles. The van der Waals surface area contributed by atoms with E-state index in [-0.39, 0.29) is 23.0 Å². The number of benzene rings is 3. The maximum atomic E-state index is 14.9. The number of anilines is 1. The number of hydrogen-bond acceptors (Lipinski definition) is 5. The zero-order valence-electron chi connectivity index (χ0n) is 21.2. The van der Waals surface area contributed by atoms with E-state index in [0.29, 0.717) is 48.6 Å². The van der Waals surface area contributed by atoms with Crippen molar-refractivity contribution in [3.05, 3.63) is 83.4 Å². The molecule has 1 aliphatic rings. The smallest absolute Gasteiger partial charge is 0.254 e. The van der Waals surface area contributed by atoms with Gasteiger partial charge in [-0.3, -0.25) is 4.79 Å². The third-order valence-corrected chi connectivity index (χ3v) is 7.71. The molecule has 1 heterocycles. The Balaban J connectivity index is 1.53. The molecule has 1 amide bonds. The van der Waals surface area contributed by atoms with Crippen LogP contribution in [0.3, 0.4) is 0 Å². The van der Waals surface area contributed by atoms with E-state index in [9.17, 15) is 26.4 Å². The lowest BCUT2D eigenvalue weighted by Crippen LogP contribution is -2.49. The van der Waals surface area contributed by atoms with Crippen LogP contribution in [0.15, 0.2) is 65.6 Å². The fourth-order valence-electron chi connectivity index (χ4n) is 4.48. The van der Waals surface area contributed by atoms with Gasteiger partial charge in [-0.1, -0.05) is 24.3 Å². The number of nitrogens with zero attached hydrogens (tertiary/aromatic N) is 2. The normalized spacial score (nSPS) is 15.0. The first-order valence-corrected chi connectivity index (χ1v) is 14.1. The Morgan fingerprint density at radius 1 is 0.974 bits per heavy atom. The van der Waals surface area contributed by atoms with Gasteiger partial charge in [0.05, 0.1) is 23.3 Å². The molecule has 4 rings (SSSR count). The summed E-state index contributed by atoms with van der Waals surface area (Å²) in [6, 6.07) is 14.7. The molecule has 1 unspecified atom stereocenters. The SMILES string of the molecule is CC(OCCF)c1ccc(N2CCN(C(=O)c3cc(S(C)(=O)=O)ccc3-c3ccc(F)cc3)CC2)c(F)c1. The Morgan fingerprint density at radius 3 is 2.26 bits per heavy atom. The summed E-state index contributed by atoms with van der Waals surface area (Å²) in [6.45, 7) is 2.38. The summed E-state index contributed by atoms with van der Waals surface area (Å²) in [7, 11) is -3.57. The summed E-state index contributed by atoms with van der Waals surface area (Å²) < 4.78 is 70.5. The second-order valence-corrected chi connectivity index (χ2v) is 11.2. The van der Waals surface area contributed by atoms with Crippen molar-refractivity contribution in [2.45, 2.75) is 17.9 Å². The largest absolute Gasteiger partial charge is 0.371 e. The molecule has 10 heteroatoms. The molecule has 0 aromatic heterocycles. The van der Waals surface area contributed by atoms with Crippen molar-refractivity contribution in [2.24, 2.45) is 0 Å². The maximum absolute atomic E-state index is 14.9. The van der Waals surface area contributed by atoms with Gasteiger partial charge in [0.2, 0.25) is 0 Å². The molecule has 0 radical (unpaired) electrons. The van der Waals surface area contributed by atoms with Crippen LogP contribution in [0.5, 0.6) is 0 Å². The van der Waals surface area contributed by atoms with E-state index in [1.807, 2.05) is 4.90 Å². The van der Waals surface area contributed by atoms with Gasteiger partial charge in [-0.2, -0.15) is 0 Å². The van der Waals surface area contributed by atoms with Crippen LogP contribution in [0.4, 0.5) is 18.9 Å². The Morgan fingerprint density at radius 2 is 1.66 bits per heavy atom. The van der Waals surface area contributed by atoms with Crippen molar-refractivity contribution in [3.8, 4) is 11.1 Å². The van der Waals surface area contributed by atoms with Crippen molar-refractivity contribution in [1.82, 2.24) is 4.90 Å². The Labute approximate surface area is 220 Å². The highest BCUT2D eigenvalue weighted by Gasteiger charge is 2.27. The second-order valence-electron chi connectivity index (χ2n) is 9.18. The number of rotatable bonds is 8. The van der Waals surface area contributed by atoms with Crippen LogP contribution in [-0.4, -0.2) is 64.9 Å². The molecule has 0 aliphatic carbocycles. The zero-order valence-corrected chi connectivity index (χ0v) is 22.0. The van der Waals surface area contributed by atoms with E-state index in [2.05, 4.69) is 0 Å². The molecule has 1 fully saturated rings. The van der Waals surface area contributed by atoms with Crippen LogP contribution in [-0.2, 0) is 14.6 Å². The van der Waals surface area contributed by atoms with E-state index in [1.54, 1.807) is 30.0 Å². The van der Waals surface area contributed by atoms with Crippen LogP contribution >= 0.6 is 0 Å². The van der Waals surface area contributed by atoms with Crippen molar-refractivity contribution >= 4 is 21.4 Å². The lowest BCUT2D eigenvalue weighted by molar-refractivity contribution is 0.0556. The minimum Gasteiger partial charge on any atom is -0.371 e. The van der Waals surface area contributed by atoms with Crippen molar-refractivity contribution in [1.29, 1.82) is 0 Å². The highest BCUT2D eigenvalue weighted by Crippen LogP contribution is 2.30. The molecule has 3 aromatic carbocycles. The molecule has 3 aromatic rings. The molecule has 0 saturated carbocycles. The fourth-order valence-corrected chi connectivity index (χ4v) is 5.13. The number of ether oxygens (including phenoxy) is 1. The lowest BCUT2D eigenvalue weighted by atomic mass is 9.98. The molecule has 202 valence electrons. The predicted octanol–water partition coefficient (Wildman–Crippen LogP) is 5.04. The monoisotopic (exact) mass is 546 g/mol. The van der Waals surface area contributed by atoms with Crippen molar-refractivity contribution < 1.29 is 31.1 Å². The Bertz CT molecular complexity index is 1410. The molecule has 0 N–H and O–H groups in total. The van der Waals surface area contributed by atoms with Gasteiger partial charge in [-0.25, -0.2) is 21.6 Å². The first-order chi connectivity index (χ1) is 18.1. The number of alkyl halides is 1. The molecule has 0 spiro atoms. The molecule has 0 bridgehead atoms. The molecule has 1 saturated heterocycles. The number of carbonyl (C=O) groups excluding carboxylic acids is 1. The number of sulfone groups is 1. The van der Waals surface area contributed by atoms with Gasteiger partial charge in [0.15, 0.2) is 9.84 Å². The Kier molecular flexibility index (Phi) is 8.42. The minimum absolute atomic E-state index is 0.0113. The minimum atomic E-state index is -3.57. The van der Waals surface area contributed by atoms with Crippen LogP contribution < -0.4 is 4.90 Å². The van der Waals surface area contributed by atoms with Crippen molar-refractivity contribution in [2.75, 3.05) is 50.6 Å².